The fraction of sp³-hybridized carbons (Fsp3) is 0.333. The van der Waals surface area contributed by atoms with Gasteiger partial charge in [0.2, 0.25) is 0 Å². The molecule has 3 heteroatoms. The number of hydrogen-bond acceptors (Lipinski definition) is 3. The summed E-state index contributed by atoms with van der Waals surface area (Å²) in [5.41, 5.74) is 0.767. The molecule has 12 heavy (non-hydrogen) atoms. The highest BCUT2D eigenvalue weighted by Gasteiger charge is 2.09. The van der Waals surface area contributed by atoms with Gasteiger partial charge in [-0.1, -0.05) is 13.0 Å². The summed E-state index contributed by atoms with van der Waals surface area (Å²) >= 11 is 0. The van der Waals surface area contributed by atoms with E-state index in [-0.39, 0.29) is 6.10 Å². The van der Waals surface area contributed by atoms with E-state index in [1.54, 1.807) is 6.20 Å². The Bertz CT molecular complexity index is 236. The Balaban J connectivity index is 2.72. The van der Waals surface area contributed by atoms with Gasteiger partial charge < -0.3 is 4.74 Å². The van der Waals surface area contributed by atoms with E-state index in [9.17, 15) is 4.79 Å². The topological polar surface area (TPSA) is 39.2 Å². The number of aromatic nitrogens is 1. The summed E-state index contributed by atoms with van der Waals surface area (Å²) in [6.07, 6.45) is 2.13. The van der Waals surface area contributed by atoms with Crippen LogP contribution in [0.3, 0.4) is 0 Å². The van der Waals surface area contributed by atoms with Crippen molar-refractivity contribution in [1.82, 2.24) is 4.98 Å². The molecule has 1 aromatic rings. The van der Waals surface area contributed by atoms with Crippen molar-refractivity contribution in [2.45, 2.75) is 19.4 Å². The summed E-state index contributed by atoms with van der Waals surface area (Å²) in [6.45, 7) is 3.35. The van der Waals surface area contributed by atoms with Gasteiger partial charge in [-0.2, -0.15) is 0 Å². The van der Waals surface area contributed by atoms with Crippen molar-refractivity contribution in [2.24, 2.45) is 0 Å². The SMILES string of the molecule is CCC(O[C]=O)c1ccccn1. The molecule has 0 aliphatic carbocycles. The third-order valence-electron chi connectivity index (χ3n) is 1.58. The first-order valence-corrected chi connectivity index (χ1v) is 3.82. The predicted octanol–water partition coefficient (Wildman–Crippen LogP) is 1.62. The van der Waals surface area contributed by atoms with Gasteiger partial charge in [0.05, 0.1) is 5.69 Å². The van der Waals surface area contributed by atoms with Crippen LogP contribution in [0.4, 0.5) is 0 Å². The second-order valence-electron chi connectivity index (χ2n) is 2.35. The minimum absolute atomic E-state index is 0.260. The van der Waals surface area contributed by atoms with Crippen molar-refractivity contribution >= 4 is 6.47 Å². The smallest absolute Gasteiger partial charge is 0.418 e. The summed E-state index contributed by atoms with van der Waals surface area (Å²) in [5.74, 6) is 0. The average molecular weight is 164 g/mol. The Kier molecular flexibility index (Phi) is 3.26. The summed E-state index contributed by atoms with van der Waals surface area (Å²) < 4.78 is 4.71. The molecule has 0 saturated carbocycles. The molecule has 0 bridgehead atoms. The first-order chi connectivity index (χ1) is 5.88. The minimum atomic E-state index is -0.260. The van der Waals surface area contributed by atoms with E-state index in [2.05, 4.69) is 4.98 Å². The molecule has 0 aromatic carbocycles. The van der Waals surface area contributed by atoms with Crippen molar-refractivity contribution < 1.29 is 9.53 Å². The van der Waals surface area contributed by atoms with Crippen molar-refractivity contribution in [3.8, 4) is 0 Å². The number of carbonyl (C=O) groups excluding carboxylic acids is 1. The van der Waals surface area contributed by atoms with Crippen LogP contribution in [-0.2, 0) is 9.53 Å². The Morgan fingerprint density at radius 3 is 3.00 bits per heavy atom. The summed E-state index contributed by atoms with van der Waals surface area (Å²) in [4.78, 5) is 14.0. The molecule has 0 spiro atoms. The highest BCUT2D eigenvalue weighted by atomic mass is 16.5. The highest BCUT2D eigenvalue weighted by Crippen LogP contribution is 2.16. The molecule has 3 nitrogen and oxygen atoms in total. The molecular weight excluding hydrogens is 154 g/mol. The summed E-state index contributed by atoms with van der Waals surface area (Å²) in [5, 5.41) is 0. The summed E-state index contributed by atoms with van der Waals surface area (Å²) in [7, 11) is 0. The quantitative estimate of drug-likeness (QED) is 0.678. The number of nitrogens with zero attached hydrogens (tertiary/aromatic N) is 1. The van der Waals surface area contributed by atoms with Crippen LogP contribution in [0, 0.1) is 0 Å². The molecule has 1 aromatic heterocycles. The van der Waals surface area contributed by atoms with Crippen LogP contribution in [-0.4, -0.2) is 11.5 Å². The van der Waals surface area contributed by atoms with Gasteiger partial charge in [-0.3, -0.25) is 4.98 Å². The monoisotopic (exact) mass is 164 g/mol. The molecule has 0 amide bonds. The molecule has 0 aliphatic rings. The van der Waals surface area contributed by atoms with Crippen molar-refractivity contribution in [3.63, 3.8) is 0 Å². The molecule has 63 valence electrons. The normalized spacial score (nSPS) is 12.1. The standard InChI is InChI=1S/C9H10NO2/c1-2-9(12-7-11)8-5-3-4-6-10-8/h3-6,9H,2H2,1H3. The third-order valence-corrected chi connectivity index (χ3v) is 1.58. The largest absolute Gasteiger partial charge is 0.447 e. The first kappa shape index (κ1) is 8.71. The Morgan fingerprint density at radius 2 is 2.50 bits per heavy atom. The van der Waals surface area contributed by atoms with E-state index in [4.69, 9.17) is 4.74 Å². The van der Waals surface area contributed by atoms with E-state index in [1.165, 1.54) is 6.47 Å². The van der Waals surface area contributed by atoms with Crippen LogP contribution >= 0.6 is 0 Å². The minimum Gasteiger partial charge on any atom is -0.447 e. The molecule has 0 aliphatic heterocycles. The first-order valence-electron chi connectivity index (χ1n) is 3.82. The maximum absolute atomic E-state index is 9.97. The van der Waals surface area contributed by atoms with Crippen LogP contribution in [0.25, 0.3) is 0 Å². The van der Waals surface area contributed by atoms with Gasteiger partial charge in [-0.05, 0) is 18.6 Å². The number of ether oxygens (including phenoxy) is 1. The van der Waals surface area contributed by atoms with Gasteiger partial charge in [0, 0.05) is 6.20 Å². The van der Waals surface area contributed by atoms with Crippen LogP contribution < -0.4 is 0 Å². The molecule has 0 saturated heterocycles. The van der Waals surface area contributed by atoms with Crippen LogP contribution in [0.5, 0.6) is 0 Å². The average Bonchev–Trinajstić information content (AvgIpc) is 2.15. The van der Waals surface area contributed by atoms with Gasteiger partial charge in [-0.15, -0.1) is 0 Å². The van der Waals surface area contributed by atoms with Gasteiger partial charge >= 0.3 is 6.47 Å². The molecule has 1 atom stereocenters. The van der Waals surface area contributed by atoms with Crippen LogP contribution in [0.2, 0.25) is 0 Å². The lowest BCUT2D eigenvalue weighted by Crippen LogP contribution is -2.03. The van der Waals surface area contributed by atoms with Gasteiger partial charge in [0.1, 0.15) is 6.10 Å². The molecule has 1 heterocycles. The van der Waals surface area contributed by atoms with Crippen LogP contribution in [0.15, 0.2) is 24.4 Å². The van der Waals surface area contributed by atoms with E-state index >= 15 is 0 Å². The Labute approximate surface area is 71.4 Å². The zero-order valence-corrected chi connectivity index (χ0v) is 6.86. The van der Waals surface area contributed by atoms with E-state index in [0.717, 1.165) is 5.69 Å². The fourth-order valence-corrected chi connectivity index (χ4v) is 0.977. The van der Waals surface area contributed by atoms with E-state index in [0.29, 0.717) is 6.42 Å². The Hall–Kier alpha value is -1.38. The molecule has 1 radical (unpaired) electrons. The van der Waals surface area contributed by atoms with Gasteiger partial charge in [0.25, 0.3) is 0 Å². The second-order valence-corrected chi connectivity index (χ2v) is 2.35. The van der Waals surface area contributed by atoms with Gasteiger partial charge in [0.15, 0.2) is 0 Å². The number of hydrogen-bond donors (Lipinski definition) is 0. The lowest BCUT2D eigenvalue weighted by Gasteiger charge is -2.10. The van der Waals surface area contributed by atoms with Crippen molar-refractivity contribution in [3.05, 3.63) is 30.1 Å². The zero-order chi connectivity index (χ0) is 8.81. The maximum Gasteiger partial charge on any atom is 0.418 e. The number of pyridine rings is 1. The summed E-state index contributed by atoms with van der Waals surface area (Å²) in [6, 6.07) is 5.51. The maximum atomic E-state index is 9.97. The molecular formula is C9H10NO2. The molecule has 1 rings (SSSR count). The Morgan fingerprint density at radius 1 is 1.67 bits per heavy atom. The van der Waals surface area contributed by atoms with E-state index < -0.39 is 0 Å². The number of rotatable bonds is 4. The van der Waals surface area contributed by atoms with Crippen LogP contribution in [0.1, 0.15) is 25.1 Å². The van der Waals surface area contributed by atoms with Crippen molar-refractivity contribution in [2.75, 3.05) is 0 Å². The highest BCUT2D eigenvalue weighted by molar-refractivity contribution is 5.39. The second kappa shape index (κ2) is 4.49. The zero-order valence-electron chi connectivity index (χ0n) is 6.86. The van der Waals surface area contributed by atoms with E-state index in [1.807, 2.05) is 25.1 Å². The third kappa shape index (κ3) is 2.05. The lowest BCUT2D eigenvalue weighted by atomic mass is 10.2. The fourth-order valence-electron chi connectivity index (χ4n) is 0.977. The molecule has 0 N–H and O–H groups in total. The van der Waals surface area contributed by atoms with Gasteiger partial charge in [-0.25, -0.2) is 4.79 Å². The molecule has 0 fully saturated rings. The predicted molar refractivity (Wildman–Crippen MR) is 44.0 cm³/mol. The molecule has 1 unspecified atom stereocenters. The van der Waals surface area contributed by atoms with Crippen molar-refractivity contribution in [1.29, 1.82) is 0 Å². The lowest BCUT2D eigenvalue weighted by molar-refractivity contribution is 0.171.